The molecule has 23 heavy (non-hydrogen) atoms. The number of sulfonamides is 1. The van der Waals surface area contributed by atoms with E-state index in [9.17, 15) is 23.3 Å². The highest BCUT2D eigenvalue weighted by atomic mass is 32.2. The van der Waals surface area contributed by atoms with Crippen LogP contribution in [0, 0.1) is 10.1 Å². The van der Waals surface area contributed by atoms with Crippen molar-refractivity contribution in [1.29, 1.82) is 0 Å². The Hall–Kier alpha value is -1.96. The number of carbonyl (C=O) groups is 1. The predicted octanol–water partition coefficient (Wildman–Crippen LogP) is 2.65. The Labute approximate surface area is 135 Å². The number of nitro groups is 1. The Morgan fingerprint density at radius 1 is 1.17 bits per heavy atom. The molecule has 0 N–H and O–H groups in total. The first kappa shape index (κ1) is 17.4. The number of nitrogens with zero attached hydrogens (tertiary/aromatic N) is 2. The molecule has 7 nitrogen and oxygen atoms in total. The lowest BCUT2D eigenvalue weighted by Crippen LogP contribution is -2.57. The SMILES string of the molecule is CC(=O)C1(N(c2ccc([N+](=O)[O-])cc2)S(C)(=O)=O)CCCCC1. The number of non-ortho nitro benzene ring substituents is 1. The summed E-state index contributed by atoms with van der Waals surface area (Å²) in [7, 11) is -3.71. The third kappa shape index (κ3) is 3.36. The highest BCUT2D eigenvalue weighted by molar-refractivity contribution is 7.92. The van der Waals surface area contributed by atoms with E-state index in [1.165, 1.54) is 31.2 Å². The maximum Gasteiger partial charge on any atom is 0.269 e. The van der Waals surface area contributed by atoms with Crippen molar-refractivity contribution >= 4 is 27.2 Å². The molecule has 0 spiro atoms. The van der Waals surface area contributed by atoms with Gasteiger partial charge in [0.15, 0.2) is 5.78 Å². The molecule has 0 aliphatic heterocycles. The molecule has 1 aromatic rings. The van der Waals surface area contributed by atoms with Crippen LogP contribution in [0.3, 0.4) is 0 Å². The second-order valence-electron chi connectivity index (χ2n) is 5.95. The zero-order chi connectivity index (χ0) is 17.3. The average Bonchev–Trinajstić information content (AvgIpc) is 2.47. The number of benzene rings is 1. The monoisotopic (exact) mass is 340 g/mol. The van der Waals surface area contributed by atoms with Crippen LogP contribution in [-0.2, 0) is 14.8 Å². The van der Waals surface area contributed by atoms with Crippen LogP contribution in [0.5, 0.6) is 0 Å². The van der Waals surface area contributed by atoms with Crippen molar-refractivity contribution in [3.05, 3.63) is 34.4 Å². The van der Waals surface area contributed by atoms with Crippen molar-refractivity contribution in [2.24, 2.45) is 0 Å². The van der Waals surface area contributed by atoms with Gasteiger partial charge in [-0.15, -0.1) is 0 Å². The fourth-order valence-corrected chi connectivity index (χ4v) is 4.75. The number of ketones is 1. The average molecular weight is 340 g/mol. The molecule has 0 amide bonds. The Bertz CT molecular complexity index is 706. The van der Waals surface area contributed by atoms with Crippen molar-refractivity contribution in [3.63, 3.8) is 0 Å². The molecule has 1 aliphatic rings. The van der Waals surface area contributed by atoms with Gasteiger partial charge in [-0.1, -0.05) is 19.3 Å². The van der Waals surface area contributed by atoms with Crippen LogP contribution < -0.4 is 4.31 Å². The number of anilines is 1. The van der Waals surface area contributed by atoms with Crippen LogP contribution >= 0.6 is 0 Å². The Morgan fingerprint density at radius 3 is 2.09 bits per heavy atom. The normalized spacial score (nSPS) is 17.5. The van der Waals surface area contributed by atoms with Gasteiger partial charge in [-0.3, -0.25) is 19.2 Å². The summed E-state index contributed by atoms with van der Waals surface area (Å²) in [5.41, 5.74) is -0.931. The molecule has 2 rings (SSSR count). The molecule has 0 saturated heterocycles. The molecule has 0 radical (unpaired) electrons. The second-order valence-corrected chi connectivity index (χ2v) is 7.78. The summed E-state index contributed by atoms with van der Waals surface area (Å²) in [4.78, 5) is 22.6. The van der Waals surface area contributed by atoms with Crippen molar-refractivity contribution in [1.82, 2.24) is 0 Å². The van der Waals surface area contributed by atoms with E-state index < -0.39 is 20.5 Å². The first-order valence-corrected chi connectivity index (χ1v) is 9.29. The number of Topliss-reactive ketones (excluding diaryl/α,β-unsaturated/α-hetero) is 1. The minimum Gasteiger partial charge on any atom is -0.297 e. The number of rotatable bonds is 5. The molecule has 1 fully saturated rings. The van der Waals surface area contributed by atoms with Gasteiger partial charge in [-0.25, -0.2) is 8.42 Å². The van der Waals surface area contributed by atoms with Gasteiger partial charge in [0.2, 0.25) is 10.0 Å². The third-order valence-corrected chi connectivity index (χ3v) is 5.58. The van der Waals surface area contributed by atoms with Crippen molar-refractivity contribution < 1.29 is 18.1 Å². The lowest BCUT2D eigenvalue weighted by molar-refractivity contribution is -0.384. The van der Waals surface area contributed by atoms with Gasteiger partial charge in [0.05, 0.1) is 16.9 Å². The van der Waals surface area contributed by atoms with Gasteiger partial charge >= 0.3 is 0 Å². The fourth-order valence-electron chi connectivity index (χ4n) is 3.30. The predicted molar refractivity (Wildman–Crippen MR) is 86.9 cm³/mol. The molecule has 8 heteroatoms. The standard InChI is InChI=1S/C15H20N2O5S/c1-12(18)15(10-4-3-5-11-15)16(23(2,21)22)13-6-8-14(9-7-13)17(19)20/h6-9H,3-5,10-11H2,1-2H3. The van der Waals surface area contributed by atoms with E-state index in [0.29, 0.717) is 12.8 Å². The van der Waals surface area contributed by atoms with Crippen molar-refractivity contribution in [2.45, 2.75) is 44.6 Å². The second kappa shape index (κ2) is 6.27. The maximum absolute atomic E-state index is 12.4. The molecule has 0 heterocycles. The van der Waals surface area contributed by atoms with Gasteiger partial charge in [0, 0.05) is 12.1 Å². The molecule has 126 valence electrons. The molecule has 0 bridgehead atoms. The molecular weight excluding hydrogens is 320 g/mol. The van der Waals surface area contributed by atoms with E-state index in [0.717, 1.165) is 29.8 Å². The Kier molecular flexibility index (Phi) is 4.74. The summed E-state index contributed by atoms with van der Waals surface area (Å²) in [6.07, 6.45) is 4.51. The summed E-state index contributed by atoms with van der Waals surface area (Å²) in [6, 6.07) is 5.28. The Morgan fingerprint density at radius 2 is 1.70 bits per heavy atom. The smallest absolute Gasteiger partial charge is 0.269 e. The van der Waals surface area contributed by atoms with Crippen LogP contribution in [-0.4, -0.2) is 30.9 Å². The molecular formula is C15H20N2O5S. The summed E-state index contributed by atoms with van der Waals surface area (Å²) in [6.45, 7) is 1.41. The van der Waals surface area contributed by atoms with E-state index in [4.69, 9.17) is 0 Å². The first-order chi connectivity index (χ1) is 10.7. The Balaban J connectivity index is 2.56. The highest BCUT2D eigenvalue weighted by Gasteiger charge is 2.46. The quantitative estimate of drug-likeness (QED) is 0.606. The maximum atomic E-state index is 12.4. The summed E-state index contributed by atoms with van der Waals surface area (Å²) in [5, 5.41) is 10.8. The highest BCUT2D eigenvalue weighted by Crippen LogP contribution is 2.39. The van der Waals surface area contributed by atoms with Gasteiger partial charge in [-0.2, -0.15) is 0 Å². The van der Waals surface area contributed by atoms with Gasteiger partial charge < -0.3 is 0 Å². The van der Waals surface area contributed by atoms with Gasteiger partial charge in [0.1, 0.15) is 5.54 Å². The van der Waals surface area contributed by atoms with Crippen LogP contribution in [0.2, 0.25) is 0 Å². The summed E-state index contributed by atoms with van der Waals surface area (Å²) in [5.74, 6) is -0.194. The van der Waals surface area contributed by atoms with Crippen LogP contribution in [0.15, 0.2) is 24.3 Å². The first-order valence-electron chi connectivity index (χ1n) is 7.44. The van der Waals surface area contributed by atoms with Crippen LogP contribution in [0.1, 0.15) is 39.0 Å². The largest absolute Gasteiger partial charge is 0.297 e. The molecule has 1 aliphatic carbocycles. The minimum atomic E-state index is -3.71. The number of nitro benzene ring substituents is 1. The van der Waals surface area contributed by atoms with Gasteiger partial charge in [-0.05, 0) is 31.9 Å². The van der Waals surface area contributed by atoms with Crippen LogP contribution in [0.4, 0.5) is 11.4 Å². The minimum absolute atomic E-state index is 0.122. The lowest BCUT2D eigenvalue weighted by atomic mass is 9.78. The van der Waals surface area contributed by atoms with Gasteiger partial charge in [0.25, 0.3) is 5.69 Å². The van der Waals surface area contributed by atoms with E-state index in [-0.39, 0.29) is 17.2 Å². The number of hydrogen-bond acceptors (Lipinski definition) is 5. The number of carbonyl (C=O) groups excluding carboxylic acids is 1. The zero-order valence-electron chi connectivity index (χ0n) is 13.2. The van der Waals surface area contributed by atoms with E-state index in [2.05, 4.69) is 0 Å². The van der Waals surface area contributed by atoms with E-state index >= 15 is 0 Å². The molecule has 1 aromatic carbocycles. The fraction of sp³-hybridized carbons (Fsp3) is 0.533. The summed E-state index contributed by atoms with van der Waals surface area (Å²) >= 11 is 0. The third-order valence-electron chi connectivity index (χ3n) is 4.35. The van der Waals surface area contributed by atoms with Crippen molar-refractivity contribution in [2.75, 3.05) is 10.6 Å². The van der Waals surface area contributed by atoms with Crippen molar-refractivity contribution in [3.8, 4) is 0 Å². The molecule has 0 unspecified atom stereocenters. The topological polar surface area (TPSA) is 97.6 Å². The number of hydrogen-bond donors (Lipinski definition) is 0. The zero-order valence-corrected chi connectivity index (χ0v) is 14.0. The molecule has 0 atom stereocenters. The molecule has 1 saturated carbocycles. The molecule has 0 aromatic heterocycles. The van der Waals surface area contributed by atoms with E-state index in [1.807, 2.05) is 0 Å². The lowest BCUT2D eigenvalue weighted by Gasteiger charge is -2.44. The van der Waals surface area contributed by atoms with E-state index in [1.54, 1.807) is 0 Å². The summed E-state index contributed by atoms with van der Waals surface area (Å²) < 4.78 is 26.0. The van der Waals surface area contributed by atoms with Crippen LogP contribution in [0.25, 0.3) is 0 Å².